The summed E-state index contributed by atoms with van der Waals surface area (Å²) >= 11 is 0. The summed E-state index contributed by atoms with van der Waals surface area (Å²) in [4.78, 5) is 27.3. The molecular weight excluding hydrogens is 419 g/mol. The molecule has 2 aromatic carbocycles. The van der Waals surface area contributed by atoms with Crippen LogP contribution in [0.15, 0.2) is 58.6 Å². The van der Waals surface area contributed by atoms with Crippen LogP contribution in [0.4, 0.5) is 10.2 Å². The summed E-state index contributed by atoms with van der Waals surface area (Å²) < 4.78 is 29.3. The van der Waals surface area contributed by atoms with Crippen LogP contribution in [0.5, 0.6) is 11.5 Å². The maximum absolute atomic E-state index is 13.4. The van der Waals surface area contributed by atoms with Gasteiger partial charge in [0.1, 0.15) is 34.9 Å². The molecule has 1 atom stereocenters. The van der Waals surface area contributed by atoms with Crippen LogP contribution < -0.4 is 14.4 Å². The van der Waals surface area contributed by atoms with Crippen LogP contribution in [-0.4, -0.2) is 36.2 Å². The number of halogens is 1. The van der Waals surface area contributed by atoms with Crippen LogP contribution in [0, 0.1) is 12.7 Å². The van der Waals surface area contributed by atoms with Crippen molar-refractivity contribution in [2.24, 2.45) is 0 Å². The number of rotatable bonds is 5. The van der Waals surface area contributed by atoms with E-state index in [1.807, 2.05) is 0 Å². The van der Waals surface area contributed by atoms with E-state index in [0.717, 1.165) is 17.0 Å². The van der Waals surface area contributed by atoms with Gasteiger partial charge in [0.15, 0.2) is 5.82 Å². The fourth-order valence-corrected chi connectivity index (χ4v) is 3.65. The number of hydrogen-bond donors (Lipinski definition) is 1. The van der Waals surface area contributed by atoms with Crippen molar-refractivity contribution in [1.82, 2.24) is 5.16 Å². The molecule has 0 unspecified atom stereocenters. The lowest BCUT2D eigenvalue weighted by Crippen LogP contribution is -2.30. The fraction of sp³-hybridized carbons (Fsp3) is 0.174. The van der Waals surface area contributed by atoms with Gasteiger partial charge in [-0.05, 0) is 49.4 Å². The first-order valence-electron chi connectivity index (χ1n) is 9.58. The largest absolute Gasteiger partial charge is 0.507 e. The van der Waals surface area contributed by atoms with Crippen LogP contribution in [-0.2, 0) is 9.59 Å². The number of carbonyl (C=O) groups excluding carboxylic acids is 2. The molecule has 3 aromatic rings. The molecule has 1 saturated heterocycles. The molecule has 2 heterocycles. The van der Waals surface area contributed by atoms with Crippen LogP contribution in [0.3, 0.4) is 0 Å². The molecule has 0 bridgehead atoms. The van der Waals surface area contributed by atoms with E-state index in [9.17, 15) is 19.1 Å². The number of aliphatic hydroxyl groups is 1. The number of benzene rings is 2. The Labute approximate surface area is 182 Å². The zero-order valence-electron chi connectivity index (χ0n) is 17.5. The highest BCUT2D eigenvalue weighted by molar-refractivity contribution is 6.51. The molecule has 164 valence electrons. The Bertz CT molecular complexity index is 1230. The number of carbonyl (C=O) groups is 2. The predicted octanol–water partition coefficient (Wildman–Crippen LogP) is 3.77. The zero-order chi connectivity index (χ0) is 23.0. The van der Waals surface area contributed by atoms with Crippen LogP contribution in [0.2, 0.25) is 0 Å². The molecule has 1 aliphatic rings. The third kappa shape index (κ3) is 3.47. The second kappa shape index (κ2) is 8.18. The average molecular weight is 438 g/mol. The molecular formula is C23H19FN2O6. The van der Waals surface area contributed by atoms with Gasteiger partial charge in [-0.25, -0.2) is 4.39 Å². The van der Waals surface area contributed by atoms with Crippen molar-refractivity contribution < 1.29 is 33.1 Å². The van der Waals surface area contributed by atoms with E-state index in [-0.39, 0.29) is 17.0 Å². The highest BCUT2D eigenvalue weighted by Crippen LogP contribution is 2.45. The number of anilines is 1. The van der Waals surface area contributed by atoms with Gasteiger partial charge in [-0.15, -0.1) is 0 Å². The van der Waals surface area contributed by atoms with Crippen LogP contribution in [0.1, 0.15) is 22.9 Å². The highest BCUT2D eigenvalue weighted by Gasteiger charge is 2.49. The summed E-state index contributed by atoms with van der Waals surface area (Å²) in [5, 5.41) is 14.9. The number of ketones is 1. The minimum Gasteiger partial charge on any atom is -0.507 e. The number of nitrogens with zero attached hydrogens (tertiary/aromatic N) is 2. The summed E-state index contributed by atoms with van der Waals surface area (Å²) in [6.07, 6.45) is 0. The Balaban J connectivity index is 2.00. The lowest BCUT2D eigenvalue weighted by Gasteiger charge is -2.24. The van der Waals surface area contributed by atoms with Gasteiger partial charge in [-0.2, -0.15) is 0 Å². The second-order valence-electron chi connectivity index (χ2n) is 7.08. The summed E-state index contributed by atoms with van der Waals surface area (Å²) in [5.74, 6) is -1.47. The summed E-state index contributed by atoms with van der Waals surface area (Å²) in [6, 6.07) is 10.2. The number of hydrogen-bond acceptors (Lipinski definition) is 7. The Morgan fingerprint density at radius 1 is 1.09 bits per heavy atom. The molecule has 8 nitrogen and oxygen atoms in total. The Morgan fingerprint density at radius 2 is 1.81 bits per heavy atom. The average Bonchev–Trinajstić information content (AvgIpc) is 3.33. The Kier molecular flexibility index (Phi) is 5.40. The number of aliphatic hydroxyl groups excluding tert-OH is 1. The summed E-state index contributed by atoms with van der Waals surface area (Å²) in [7, 11) is 2.92. The number of methoxy groups -OCH3 is 2. The molecule has 1 amide bonds. The number of Topliss-reactive ketones (excluding diaryl/α,β-unsaturated/α-hetero) is 1. The molecule has 32 heavy (non-hydrogen) atoms. The zero-order valence-corrected chi connectivity index (χ0v) is 17.5. The van der Waals surface area contributed by atoms with Crippen molar-refractivity contribution in [1.29, 1.82) is 0 Å². The van der Waals surface area contributed by atoms with Crippen molar-refractivity contribution in [3.63, 3.8) is 0 Å². The van der Waals surface area contributed by atoms with Crippen LogP contribution >= 0.6 is 0 Å². The van der Waals surface area contributed by atoms with Gasteiger partial charge in [0.05, 0.1) is 19.8 Å². The first-order valence-corrected chi connectivity index (χ1v) is 9.58. The van der Waals surface area contributed by atoms with E-state index in [2.05, 4.69) is 5.16 Å². The topological polar surface area (TPSA) is 102 Å². The lowest BCUT2D eigenvalue weighted by atomic mass is 9.94. The van der Waals surface area contributed by atoms with Crippen molar-refractivity contribution in [2.45, 2.75) is 13.0 Å². The molecule has 0 aliphatic carbocycles. The van der Waals surface area contributed by atoms with E-state index in [1.54, 1.807) is 25.1 Å². The first-order chi connectivity index (χ1) is 15.3. The maximum Gasteiger partial charge on any atom is 0.301 e. The highest BCUT2D eigenvalue weighted by atomic mass is 19.1. The molecule has 0 saturated carbocycles. The van der Waals surface area contributed by atoms with Gasteiger partial charge < -0.3 is 19.1 Å². The summed E-state index contributed by atoms with van der Waals surface area (Å²) in [5.41, 5.74) is 0.358. The number of ether oxygens (including phenoxy) is 2. The molecule has 1 aromatic heterocycles. The van der Waals surface area contributed by atoms with Gasteiger partial charge in [0.25, 0.3) is 5.78 Å². The van der Waals surface area contributed by atoms with Crippen molar-refractivity contribution in [3.05, 3.63) is 76.8 Å². The Hall–Kier alpha value is -4.14. The summed E-state index contributed by atoms with van der Waals surface area (Å²) in [6.45, 7) is 1.65. The van der Waals surface area contributed by atoms with E-state index in [0.29, 0.717) is 22.8 Å². The molecule has 1 aliphatic heterocycles. The second-order valence-corrected chi connectivity index (χ2v) is 7.08. The van der Waals surface area contributed by atoms with E-state index in [4.69, 9.17) is 14.0 Å². The smallest absolute Gasteiger partial charge is 0.301 e. The SMILES string of the molecule is COc1ccc(OC)c([C@H]2/C(=C(\O)c3ccc(F)cc3)C(=O)C(=O)N2c2cc(C)on2)c1. The Morgan fingerprint density at radius 3 is 2.41 bits per heavy atom. The van der Waals surface area contributed by atoms with Crippen molar-refractivity contribution >= 4 is 23.3 Å². The minimum absolute atomic E-state index is 0.0950. The van der Waals surface area contributed by atoms with E-state index in [1.165, 1.54) is 32.4 Å². The van der Waals surface area contributed by atoms with Gasteiger partial charge in [-0.1, -0.05) is 5.16 Å². The molecule has 0 radical (unpaired) electrons. The number of aryl methyl sites for hydroxylation is 1. The number of amides is 1. The van der Waals surface area contributed by atoms with Crippen LogP contribution in [0.25, 0.3) is 5.76 Å². The molecule has 4 rings (SSSR count). The van der Waals surface area contributed by atoms with Gasteiger partial charge in [0, 0.05) is 17.2 Å². The standard InChI is InChI=1S/C23H19FN2O6/c1-12-10-18(25-32-12)26-20(16-11-15(30-2)8-9-17(16)31-3)19(22(28)23(26)29)21(27)13-4-6-14(24)7-5-13/h4-11,20,27H,1-3H3/b21-19+/t20-/m0/s1. The maximum atomic E-state index is 13.4. The predicted molar refractivity (Wildman–Crippen MR) is 112 cm³/mol. The molecule has 0 spiro atoms. The monoisotopic (exact) mass is 438 g/mol. The molecule has 1 N–H and O–H groups in total. The number of aromatic nitrogens is 1. The van der Waals surface area contributed by atoms with Gasteiger partial charge in [-0.3, -0.25) is 14.5 Å². The third-order valence-electron chi connectivity index (χ3n) is 5.16. The quantitative estimate of drug-likeness (QED) is 0.368. The van der Waals surface area contributed by atoms with Crippen molar-refractivity contribution in [2.75, 3.05) is 19.1 Å². The first kappa shape index (κ1) is 21.1. The van der Waals surface area contributed by atoms with E-state index >= 15 is 0 Å². The normalized spacial score (nSPS) is 17.6. The third-order valence-corrected chi connectivity index (χ3v) is 5.16. The minimum atomic E-state index is -1.10. The lowest BCUT2D eigenvalue weighted by molar-refractivity contribution is -0.132. The fourth-order valence-electron chi connectivity index (χ4n) is 3.65. The molecule has 9 heteroatoms. The van der Waals surface area contributed by atoms with Gasteiger partial charge in [0.2, 0.25) is 0 Å². The van der Waals surface area contributed by atoms with Gasteiger partial charge >= 0.3 is 5.91 Å². The van der Waals surface area contributed by atoms with E-state index < -0.39 is 29.3 Å². The van der Waals surface area contributed by atoms with Crippen molar-refractivity contribution in [3.8, 4) is 11.5 Å². The molecule has 1 fully saturated rings.